The molecule has 3 N–H and O–H groups in total. The summed E-state index contributed by atoms with van der Waals surface area (Å²) in [5.74, 6) is 1.32. The van der Waals surface area contributed by atoms with Gasteiger partial charge in [-0.3, -0.25) is 0 Å². The van der Waals surface area contributed by atoms with E-state index in [2.05, 4.69) is 20.2 Å². The first-order valence-electron chi connectivity index (χ1n) is 7.08. The molecule has 1 aromatic heterocycles. The summed E-state index contributed by atoms with van der Waals surface area (Å²) in [6.45, 7) is 2.05. The fourth-order valence-corrected chi connectivity index (χ4v) is 2.28. The maximum Gasteiger partial charge on any atom is 0.222 e. The van der Waals surface area contributed by atoms with Gasteiger partial charge < -0.3 is 20.7 Å². The molecule has 0 amide bonds. The number of nitrogens with zero attached hydrogens (tertiary/aromatic N) is 3. The van der Waals surface area contributed by atoms with Gasteiger partial charge in [0.05, 0.1) is 5.69 Å². The van der Waals surface area contributed by atoms with Crippen LogP contribution in [0.5, 0.6) is 5.75 Å². The van der Waals surface area contributed by atoms with Gasteiger partial charge in [0.2, 0.25) is 5.95 Å². The molecule has 0 spiro atoms. The lowest BCUT2D eigenvalue weighted by Gasteiger charge is -2.40. The van der Waals surface area contributed by atoms with E-state index in [0.717, 1.165) is 18.9 Å². The smallest absolute Gasteiger partial charge is 0.222 e. The number of hydrogen-bond acceptors (Lipinski definition) is 6. The molecular formula is C15H18FN5O. The van der Waals surface area contributed by atoms with Crippen LogP contribution in [0.25, 0.3) is 0 Å². The van der Waals surface area contributed by atoms with Crippen LogP contribution in [-0.4, -0.2) is 36.1 Å². The summed E-state index contributed by atoms with van der Waals surface area (Å²) in [5, 5.41) is 3.21. The van der Waals surface area contributed by atoms with Crippen LogP contribution in [0.2, 0.25) is 0 Å². The Bertz CT molecular complexity index is 643. The van der Waals surface area contributed by atoms with E-state index < -0.39 is 0 Å². The molecule has 0 atom stereocenters. The number of nitrogens with two attached hydrogens (primary N) is 1. The Morgan fingerprint density at radius 1 is 1.32 bits per heavy atom. The molecule has 2 aromatic rings. The number of aromatic nitrogens is 2. The van der Waals surface area contributed by atoms with E-state index in [4.69, 9.17) is 10.5 Å². The highest BCUT2D eigenvalue weighted by Crippen LogP contribution is 2.21. The third kappa shape index (κ3) is 3.25. The second kappa shape index (κ2) is 6.15. The molecule has 0 aliphatic carbocycles. The van der Waals surface area contributed by atoms with Crippen molar-refractivity contribution in [3.63, 3.8) is 0 Å². The van der Waals surface area contributed by atoms with Crippen molar-refractivity contribution >= 4 is 11.8 Å². The Hall–Kier alpha value is -2.41. The number of ether oxygens (including phenoxy) is 1. The molecule has 1 aliphatic rings. The predicted octanol–water partition coefficient (Wildman–Crippen LogP) is 1.18. The van der Waals surface area contributed by atoms with Crippen molar-refractivity contribution in [3.8, 4) is 5.75 Å². The molecule has 1 aliphatic heterocycles. The van der Waals surface area contributed by atoms with Gasteiger partial charge in [0.25, 0.3) is 0 Å². The first-order chi connectivity index (χ1) is 10.6. The van der Waals surface area contributed by atoms with Crippen LogP contribution in [0, 0.1) is 5.82 Å². The van der Waals surface area contributed by atoms with Crippen molar-refractivity contribution in [2.75, 3.05) is 30.8 Å². The molecule has 1 fully saturated rings. The lowest BCUT2D eigenvalue weighted by Crippen LogP contribution is -2.57. The zero-order valence-corrected chi connectivity index (χ0v) is 12.3. The molecule has 1 aromatic carbocycles. The van der Waals surface area contributed by atoms with Gasteiger partial charge in [-0.15, -0.1) is 0 Å². The Balaban J connectivity index is 1.66. The molecule has 2 heterocycles. The molecule has 7 heteroatoms. The minimum atomic E-state index is -0.294. The SMILES string of the molecule is CNC1CN(c2cc(COc3ccc(F)cc3)nc(N)n2)C1. The van der Waals surface area contributed by atoms with Crippen LogP contribution in [0.15, 0.2) is 30.3 Å². The van der Waals surface area contributed by atoms with E-state index in [-0.39, 0.29) is 18.4 Å². The van der Waals surface area contributed by atoms with Crippen LogP contribution < -0.4 is 20.7 Å². The van der Waals surface area contributed by atoms with Gasteiger partial charge in [0.15, 0.2) is 0 Å². The number of rotatable bonds is 5. The minimum Gasteiger partial charge on any atom is -0.487 e. The van der Waals surface area contributed by atoms with Crippen molar-refractivity contribution < 1.29 is 9.13 Å². The monoisotopic (exact) mass is 303 g/mol. The number of likely N-dealkylation sites (N-methyl/N-ethyl adjacent to an activating group) is 1. The van der Waals surface area contributed by atoms with E-state index in [0.29, 0.717) is 17.5 Å². The second-order valence-corrected chi connectivity index (χ2v) is 5.21. The van der Waals surface area contributed by atoms with E-state index in [1.54, 1.807) is 12.1 Å². The average molecular weight is 303 g/mol. The number of nitrogens with one attached hydrogen (secondary N) is 1. The quantitative estimate of drug-likeness (QED) is 0.864. The topological polar surface area (TPSA) is 76.3 Å². The summed E-state index contributed by atoms with van der Waals surface area (Å²) >= 11 is 0. The van der Waals surface area contributed by atoms with Crippen LogP contribution in [0.3, 0.4) is 0 Å². The lowest BCUT2D eigenvalue weighted by molar-refractivity contribution is 0.300. The summed E-state index contributed by atoms with van der Waals surface area (Å²) < 4.78 is 18.4. The summed E-state index contributed by atoms with van der Waals surface area (Å²) in [6, 6.07) is 8.21. The molecule has 3 rings (SSSR count). The third-order valence-corrected chi connectivity index (χ3v) is 3.60. The number of anilines is 2. The fourth-order valence-electron chi connectivity index (χ4n) is 2.28. The minimum absolute atomic E-state index is 0.225. The maximum atomic E-state index is 12.8. The summed E-state index contributed by atoms with van der Waals surface area (Å²) in [4.78, 5) is 10.5. The molecule has 0 saturated carbocycles. The Labute approximate surface area is 128 Å². The first-order valence-corrected chi connectivity index (χ1v) is 7.08. The Morgan fingerprint density at radius 3 is 2.73 bits per heavy atom. The van der Waals surface area contributed by atoms with Crippen LogP contribution in [-0.2, 0) is 6.61 Å². The lowest BCUT2D eigenvalue weighted by atomic mass is 10.1. The zero-order chi connectivity index (χ0) is 15.5. The standard InChI is InChI=1S/C15H18FN5O/c1-18-12-7-21(8-12)14-6-11(19-15(17)20-14)9-22-13-4-2-10(16)3-5-13/h2-6,12,18H,7-9H2,1H3,(H2,17,19,20). The molecule has 1 saturated heterocycles. The van der Waals surface area contributed by atoms with Gasteiger partial charge in [-0.1, -0.05) is 0 Å². The molecule has 22 heavy (non-hydrogen) atoms. The number of hydrogen-bond donors (Lipinski definition) is 2. The average Bonchev–Trinajstić information content (AvgIpc) is 2.45. The highest BCUT2D eigenvalue weighted by atomic mass is 19.1. The van der Waals surface area contributed by atoms with E-state index >= 15 is 0 Å². The number of benzene rings is 1. The van der Waals surface area contributed by atoms with E-state index in [9.17, 15) is 4.39 Å². The fraction of sp³-hybridized carbons (Fsp3) is 0.333. The van der Waals surface area contributed by atoms with E-state index in [1.807, 2.05) is 13.1 Å². The highest BCUT2D eigenvalue weighted by Gasteiger charge is 2.26. The van der Waals surface area contributed by atoms with Crippen LogP contribution in [0.1, 0.15) is 5.69 Å². The van der Waals surface area contributed by atoms with Crippen molar-refractivity contribution in [3.05, 3.63) is 41.8 Å². The second-order valence-electron chi connectivity index (χ2n) is 5.21. The molecule has 0 radical (unpaired) electrons. The number of nitrogen functional groups attached to an aromatic ring is 1. The van der Waals surface area contributed by atoms with Crippen molar-refractivity contribution in [1.82, 2.24) is 15.3 Å². The van der Waals surface area contributed by atoms with Crippen LogP contribution in [0.4, 0.5) is 16.2 Å². The van der Waals surface area contributed by atoms with Gasteiger partial charge >= 0.3 is 0 Å². The van der Waals surface area contributed by atoms with Gasteiger partial charge in [-0.2, -0.15) is 4.98 Å². The van der Waals surface area contributed by atoms with Gasteiger partial charge in [0.1, 0.15) is 24.0 Å². The molecule has 0 unspecified atom stereocenters. The van der Waals surface area contributed by atoms with Gasteiger partial charge in [-0.25, -0.2) is 9.37 Å². The first kappa shape index (κ1) is 14.5. The highest BCUT2D eigenvalue weighted by molar-refractivity contribution is 5.46. The Morgan fingerprint density at radius 2 is 2.05 bits per heavy atom. The van der Waals surface area contributed by atoms with Crippen molar-refractivity contribution in [2.45, 2.75) is 12.6 Å². The van der Waals surface area contributed by atoms with E-state index in [1.165, 1.54) is 12.1 Å². The summed E-state index contributed by atoms with van der Waals surface area (Å²) in [5.41, 5.74) is 6.46. The van der Waals surface area contributed by atoms with Crippen LogP contribution >= 0.6 is 0 Å². The maximum absolute atomic E-state index is 12.8. The molecule has 0 bridgehead atoms. The van der Waals surface area contributed by atoms with Gasteiger partial charge in [0, 0.05) is 25.2 Å². The normalized spacial score (nSPS) is 14.7. The zero-order valence-electron chi connectivity index (χ0n) is 12.3. The third-order valence-electron chi connectivity index (χ3n) is 3.60. The summed E-state index contributed by atoms with van der Waals surface area (Å²) in [6.07, 6.45) is 0. The molecule has 116 valence electrons. The summed E-state index contributed by atoms with van der Waals surface area (Å²) in [7, 11) is 1.94. The van der Waals surface area contributed by atoms with Crippen molar-refractivity contribution in [1.29, 1.82) is 0 Å². The van der Waals surface area contributed by atoms with Gasteiger partial charge in [-0.05, 0) is 31.3 Å². The predicted molar refractivity (Wildman–Crippen MR) is 82.2 cm³/mol. The number of halogens is 1. The largest absolute Gasteiger partial charge is 0.487 e. The Kier molecular flexibility index (Phi) is 4.06. The van der Waals surface area contributed by atoms with Crippen molar-refractivity contribution in [2.24, 2.45) is 0 Å². The molecule has 6 nitrogen and oxygen atoms in total. The molecular weight excluding hydrogens is 285 g/mol.